The molecule has 5 heteroatoms. The lowest BCUT2D eigenvalue weighted by Gasteiger charge is -2.04. The van der Waals surface area contributed by atoms with Crippen LogP contribution in [0.3, 0.4) is 0 Å². The van der Waals surface area contributed by atoms with E-state index in [9.17, 15) is 9.59 Å². The van der Waals surface area contributed by atoms with Gasteiger partial charge < -0.3 is 9.15 Å². The van der Waals surface area contributed by atoms with Crippen molar-refractivity contribution in [3.63, 3.8) is 0 Å². The van der Waals surface area contributed by atoms with Gasteiger partial charge in [-0.15, -0.1) is 0 Å². The number of ether oxygens (including phenoxy) is 1. The molecule has 3 rings (SSSR count). The Hall–Kier alpha value is -2.95. The summed E-state index contributed by atoms with van der Waals surface area (Å²) in [6.45, 7) is 1.73. The lowest BCUT2D eigenvalue weighted by molar-refractivity contribution is -0.134. The molecule has 5 nitrogen and oxygen atoms in total. The van der Waals surface area contributed by atoms with E-state index in [1.807, 2.05) is 0 Å². The van der Waals surface area contributed by atoms with Crippen molar-refractivity contribution in [3.05, 3.63) is 58.9 Å². The fourth-order valence-corrected chi connectivity index (χ4v) is 2.00. The van der Waals surface area contributed by atoms with Crippen molar-refractivity contribution in [2.75, 3.05) is 0 Å². The molecule has 0 fully saturated rings. The molecule has 0 saturated carbocycles. The van der Waals surface area contributed by atoms with Gasteiger partial charge in [-0.3, -0.25) is 9.59 Å². The average molecular weight is 295 g/mol. The lowest BCUT2D eigenvalue weighted by atomic mass is 10.2. The van der Waals surface area contributed by atoms with Gasteiger partial charge in [0.15, 0.2) is 0 Å². The van der Waals surface area contributed by atoms with Crippen LogP contribution in [0.15, 0.2) is 57.7 Å². The van der Waals surface area contributed by atoms with Crippen LogP contribution in [0.25, 0.3) is 22.4 Å². The van der Waals surface area contributed by atoms with Gasteiger partial charge in [0.2, 0.25) is 5.89 Å². The molecule has 0 spiro atoms. The van der Waals surface area contributed by atoms with Crippen LogP contribution in [0, 0.1) is 0 Å². The monoisotopic (exact) mass is 295 g/mol. The molecule has 0 radical (unpaired) electrons. The number of hydrogen-bond acceptors (Lipinski definition) is 5. The Morgan fingerprint density at radius 1 is 1.14 bits per heavy atom. The predicted octanol–water partition coefficient (Wildman–Crippen LogP) is 3.17. The van der Waals surface area contributed by atoms with Crippen LogP contribution < -0.4 is 10.3 Å². The smallest absolute Gasteiger partial charge is 0.310 e. The highest BCUT2D eigenvalue weighted by molar-refractivity contribution is 5.76. The van der Waals surface area contributed by atoms with Crippen LogP contribution in [-0.4, -0.2) is 11.0 Å². The van der Waals surface area contributed by atoms with Crippen molar-refractivity contribution >= 4 is 16.9 Å². The molecule has 2 aromatic carbocycles. The van der Waals surface area contributed by atoms with Crippen molar-refractivity contribution in [3.8, 4) is 17.2 Å². The minimum absolute atomic E-state index is 0.233. The Balaban J connectivity index is 1.97. The SMILES string of the molecule is CCC(=O)Oc1ccc(-c2nc(=O)c3ccccc3o2)cc1. The quantitative estimate of drug-likeness (QED) is 0.548. The van der Waals surface area contributed by atoms with Crippen LogP contribution in [0.2, 0.25) is 0 Å². The predicted molar refractivity (Wildman–Crippen MR) is 81.6 cm³/mol. The normalized spacial score (nSPS) is 10.6. The third kappa shape index (κ3) is 2.74. The molecule has 0 amide bonds. The van der Waals surface area contributed by atoms with Crippen molar-refractivity contribution in [2.45, 2.75) is 13.3 Å². The zero-order valence-corrected chi connectivity index (χ0v) is 11.9. The van der Waals surface area contributed by atoms with E-state index in [0.717, 1.165) is 0 Å². The topological polar surface area (TPSA) is 69.4 Å². The van der Waals surface area contributed by atoms with Crippen LogP contribution in [0.1, 0.15) is 13.3 Å². The van der Waals surface area contributed by atoms with Gasteiger partial charge >= 0.3 is 5.97 Å². The highest BCUT2D eigenvalue weighted by Crippen LogP contribution is 2.22. The molecule has 0 aliphatic rings. The van der Waals surface area contributed by atoms with E-state index >= 15 is 0 Å². The Morgan fingerprint density at radius 2 is 1.86 bits per heavy atom. The molecule has 0 unspecified atom stereocenters. The first-order valence-corrected chi connectivity index (χ1v) is 6.88. The molecule has 1 heterocycles. The largest absolute Gasteiger partial charge is 0.437 e. The number of nitrogens with zero attached hydrogens (tertiary/aromatic N) is 1. The summed E-state index contributed by atoms with van der Waals surface area (Å²) in [6.07, 6.45) is 0.308. The van der Waals surface area contributed by atoms with E-state index < -0.39 is 0 Å². The number of para-hydroxylation sites is 1. The minimum atomic E-state index is -0.335. The Labute approximate surface area is 126 Å². The minimum Gasteiger partial charge on any atom is -0.437 e. The first kappa shape index (κ1) is 14.0. The molecule has 0 atom stereocenters. The van der Waals surface area contributed by atoms with E-state index in [2.05, 4.69) is 4.98 Å². The molecule has 0 aliphatic carbocycles. The molecule has 1 aromatic heterocycles. The van der Waals surface area contributed by atoms with Gasteiger partial charge in [-0.2, -0.15) is 4.98 Å². The molecule has 22 heavy (non-hydrogen) atoms. The number of hydrogen-bond donors (Lipinski definition) is 0. The zero-order chi connectivity index (χ0) is 15.5. The van der Waals surface area contributed by atoms with Gasteiger partial charge in [0.05, 0.1) is 5.39 Å². The number of esters is 1. The second-order valence-corrected chi connectivity index (χ2v) is 4.67. The van der Waals surface area contributed by atoms with Crippen LogP contribution >= 0.6 is 0 Å². The van der Waals surface area contributed by atoms with Crippen molar-refractivity contribution < 1.29 is 13.9 Å². The van der Waals surface area contributed by atoms with E-state index in [4.69, 9.17) is 9.15 Å². The highest BCUT2D eigenvalue weighted by Gasteiger charge is 2.09. The van der Waals surface area contributed by atoms with Crippen LogP contribution in [-0.2, 0) is 4.79 Å². The molecule has 3 aromatic rings. The fourth-order valence-electron chi connectivity index (χ4n) is 2.00. The number of rotatable bonds is 3. The van der Waals surface area contributed by atoms with Gasteiger partial charge in [0, 0.05) is 12.0 Å². The fraction of sp³-hybridized carbons (Fsp3) is 0.118. The summed E-state index contributed by atoms with van der Waals surface area (Å²) in [5.74, 6) is 0.374. The zero-order valence-electron chi connectivity index (χ0n) is 11.9. The van der Waals surface area contributed by atoms with Crippen molar-refractivity contribution in [1.82, 2.24) is 4.98 Å². The van der Waals surface area contributed by atoms with Crippen molar-refractivity contribution in [1.29, 1.82) is 0 Å². The van der Waals surface area contributed by atoms with E-state index in [1.165, 1.54) is 0 Å². The molecular weight excluding hydrogens is 282 g/mol. The maximum atomic E-state index is 12.0. The van der Waals surface area contributed by atoms with E-state index in [0.29, 0.717) is 28.7 Å². The van der Waals surface area contributed by atoms with Crippen molar-refractivity contribution in [2.24, 2.45) is 0 Å². The third-order valence-electron chi connectivity index (χ3n) is 3.15. The lowest BCUT2D eigenvalue weighted by Crippen LogP contribution is -2.07. The summed E-state index contributed by atoms with van der Waals surface area (Å²) < 4.78 is 10.7. The summed E-state index contributed by atoms with van der Waals surface area (Å²) in [7, 11) is 0. The number of aromatic nitrogens is 1. The molecular formula is C17H13NO4. The highest BCUT2D eigenvalue weighted by atomic mass is 16.5. The summed E-state index contributed by atoms with van der Waals surface area (Å²) in [5.41, 5.74) is 0.788. The maximum Gasteiger partial charge on any atom is 0.310 e. The van der Waals surface area contributed by atoms with E-state index in [1.54, 1.807) is 55.5 Å². The number of carbonyl (C=O) groups is 1. The summed E-state index contributed by atoms with van der Waals surface area (Å²) >= 11 is 0. The number of carbonyl (C=O) groups excluding carboxylic acids is 1. The second kappa shape index (κ2) is 5.81. The summed E-state index contributed by atoms with van der Waals surface area (Å²) in [4.78, 5) is 27.2. The van der Waals surface area contributed by atoms with Gasteiger partial charge in [-0.25, -0.2) is 0 Å². The van der Waals surface area contributed by atoms with E-state index in [-0.39, 0.29) is 17.4 Å². The third-order valence-corrected chi connectivity index (χ3v) is 3.15. The Kier molecular flexibility index (Phi) is 3.70. The summed E-state index contributed by atoms with van der Waals surface area (Å²) in [6, 6.07) is 13.6. The van der Waals surface area contributed by atoms with Gasteiger partial charge in [0.25, 0.3) is 5.56 Å². The van der Waals surface area contributed by atoms with Gasteiger partial charge in [-0.1, -0.05) is 19.1 Å². The number of benzene rings is 2. The Bertz CT molecular complexity index is 881. The van der Waals surface area contributed by atoms with Gasteiger partial charge in [-0.05, 0) is 36.4 Å². The molecule has 110 valence electrons. The molecule has 0 N–H and O–H groups in total. The Morgan fingerprint density at radius 3 is 2.59 bits per heavy atom. The first-order valence-electron chi connectivity index (χ1n) is 6.88. The molecule has 0 saturated heterocycles. The van der Waals surface area contributed by atoms with Crippen LogP contribution in [0.5, 0.6) is 5.75 Å². The van der Waals surface area contributed by atoms with Gasteiger partial charge in [0.1, 0.15) is 11.3 Å². The standard InChI is InChI=1S/C17H13NO4/c1-2-15(19)21-12-9-7-11(8-10-12)17-18-16(20)13-5-3-4-6-14(13)22-17/h3-10H,2H2,1H3. The molecule has 0 aliphatic heterocycles. The number of fused-ring (bicyclic) bond motifs is 1. The van der Waals surface area contributed by atoms with Crippen LogP contribution in [0.4, 0.5) is 0 Å². The maximum absolute atomic E-state index is 12.0. The summed E-state index contributed by atoms with van der Waals surface area (Å²) in [5, 5.41) is 0.444. The molecule has 0 bridgehead atoms. The average Bonchev–Trinajstić information content (AvgIpc) is 2.55. The second-order valence-electron chi connectivity index (χ2n) is 4.67. The first-order chi connectivity index (χ1) is 10.7.